The van der Waals surface area contributed by atoms with Gasteiger partial charge < -0.3 is 20.1 Å². The molecule has 1 heterocycles. The van der Waals surface area contributed by atoms with E-state index in [0.717, 1.165) is 51.6 Å². The fourth-order valence-corrected chi connectivity index (χ4v) is 3.66. The van der Waals surface area contributed by atoms with Gasteiger partial charge in [0, 0.05) is 54.8 Å². The van der Waals surface area contributed by atoms with Crippen molar-refractivity contribution in [3.8, 4) is 0 Å². The Labute approximate surface area is 165 Å². The molecule has 0 amide bonds. The fourth-order valence-electron chi connectivity index (χ4n) is 3.36. The summed E-state index contributed by atoms with van der Waals surface area (Å²) in [5.41, 5.74) is 0.608. The molecule has 1 aromatic carbocycles. The number of hydrogen-bond donors (Lipinski definition) is 2. The first-order chi connectivity index (χ1) is 13.2. The molecule has 1 aliphatic heterocycles. The van der Waals surface area contributed by atoms with Crippen LogP contribution in [-0.4, -0.2) is 51.5 Å². The first-order valence-corrected chi connectivity index (χ1v) is 10.2. The van der Waals surface area contributed by atoms with Crippen LogP contribution in [0.25, 0.3) is 0 Å². The minimum Gasteiger partial charge on any atom is -0.381 e. The van der Waals surface area contributed by atoms with Gasteiger partial charge in [-0.25, -0.2) is 4.39 Å². The maximum Gasteiger partial charge on any atom is 0.191 e. The summed E-state index contributed by atoms with van der Waals surface area (Å²) >= 11 is 6.17. The molecule has 150 valence electrons. The van der Waals surface area contributed by atoms with Crippen LogP contribution in [0.15, 0.2) is 23.2 Å². The van der Waals surface area contributed by atoms with Crippen molar-refractivity contribution in [2.45, 2.75) is 38.1 Å². The van der Waals surface area contributed by atoms with E-state index in [1.54, 1.807) is 12.1 Å². The molecule has 0 bridgehead atoms. The van der Waals surface area contributed by atoms with Crippen LogP contribution in [0.5, 0.6) is 0 Å². The molecule has 2 fully saturated rings. The van der Waals surface area contributed by atoms with Crippen molar-refractivity contribution in [3.63, 3.8) is 0 Å². The number of guanidine groups is 1. The topological polar surface area (TPSA) is 54.9 Å². The first-order valence-electron chi connectivity index (χ1n) is 9.83. The summed E-state index contributed by atoms with van der Waals surface area (Å²) < 4.78 is 25.1. The third-order valence-electron chi connectivity index (χ3n) is 4.92. The Morgan fingerprint density at radius 3 is 3.07 bits per heavy atom. The largest absolute Gasteiger partial charge is 0.381 e. The number of benzene rings is 1. The van der Waals surface area contributed by atoms with Crippen LogP contribution in [0.3, 0.4) is 0 Å². The normalized spacial score (nSPS) is 24.9. The van der Waals surface area contributed by atoms with E-state index in [-0.39, 0.29) is 17.8 Å². The van der Waals surface area contributed by atoms with Crippen LogP contribution in [0.1, 0.15) is 37.7 Å². The van der Waals surface area contributed by atoms with E-state index in [1.807, 2.05) is 6.92 Å². The van der Waals surface area contributed by atoms with Crippen LogP contribution in [0.4, 0.5) is 4.39 Å². The highest BCUT2D eigenvalue weighted by Gasteiger charge is 2.41. The molecule has 0 radical (unpaired) electrons. The highest BCUT2D eigenvalue weighted by atomic mass is 35.5. The molecular weight excluding hydrogens is 369 g/mol. The first kappa shape index (κ1) is 20.4. The molecule has 0 spiro atoms. The quantitative estimate of drug-likeness (QED) is 0.381. The van der Waals surface area contributed by atoms with Gasteiger partial charge in [0.2, 0.25) is 0 Å². The van der Waals surface area contributed by atoms with E-state index < -0.39 is 0 Å². The SMILES string of the molecule is CCNC(=NCCCOCC1CCOC1)NC1CC1c1c(F)cccc1Cl. The predicted octanol–water partition coefficient (Wildman–Crippen LogP) is 3.33. The maximum absolute atomic E-state index is 14.1. The molecule has 3 atom stereocenters. The van der Waals surface area contributed by atoms with Crippen molar-refractivity contribution in [1.29, 1.82) is 0 Å². The van der Waals surface area contributed by atoms with Crippen molar-refractivity contribution in [2.24, 2.45) is 10.9 Å². The molecule has 7 heteroatoms. The van der Waals surface area contributed by atoms with Gasteiger partial charge in [0.25, 0.3) is 0 Å². The Morgan fingerprint density at radius 1 is 1.44 bits per heavy atom. The monoisotopic (exact) mass is 397 g/mol. The van der Waals surface area contributed by atoms with Gasteiger partial charge in [-0.2, -0.15) is 0 Å². The van der Waals surface area contributed by atoms with Crippen molar-refractivity contribution in [3.05, 3.63) is 34.6 Å². The highest BCUT2D eigenvalue weighted by molar-refractivity contribution is 6.31. The van der Waals surface area contributed by atoms with E-state index in [2.05, 4.69) is 15.6 Å². The number of halogens is 2. The number of ether oxygens (including phenoxy) is 2. The molecule has 1 saturated heterocycles. The molecule has 1 aromatic rings. The van der Waals surface area contributed by atoms with Crippen molar-refractivity contribution >= 4 is 17.6 Å². The number of nitrogens with zero attached hydrogens (tertiary/aromatic N) is 1. The lowest BCUT2D eigenvalue weighted by Gasteiger charge is -2.12. The van der Waals surface area contributed by atoms with Gasteiger partial charge in [-0.3, -0.25) is 4.99 Å². The van der Waals surface area contributed by atoms with Gasteiger partial charge in [-0.15, -0.1) is 0 Å². The number of nitrogens with one attached hydrogen (secondary N) is 2. The molecule has 27 heavy (non-hydrogen) atoms. The van der Waals surface area contributed by atoms with Crippen LogP contribution in [0, 0.1) is 11.7 Å². The second-order valence-electron chi connectivity index (χ2n) is 7.15. The Kier molecular flexibility index (Phi) is 7.73. The number of aliphatic imine (C=N–C) groups is 1. The lowest BCUT2D eigenvalue weighted by molar-refractivity contribution is 0.0893. The van der Waals surface area contributed by atoms with E-state index in [0.29, 0.717) is 29.7 Å². The molecular formula is C20H29ClFN3O2. The third kappa shape index (κ3) is 6.06. The van der Waals surface area contributed by atoms with Crippen molar-refractivity contribution in [2.75, 3.05) is 39.5 Å². The third-order valence-corrected chi connectivity index (χ3v) is 5.25. The average molecular weight is 398 g/mol. The molecule has 3 rings (SSSR count). The Balaban J connectivity index is 1.40. The molecule has 2 aliphatic rings. The summed E-state index contributed by atoms with van der Waals surface area (Å²) in [6, 6.07) is 5.01. The summed E-state index contributed by atoms with van der Waals surface area (Å²) in [6.45, 7) is 6.65. The van der Waals surface area contributed by atoms with Gasteiger partial charge in [0.1, 0.15) is 5.82 Å². The molecule has 0 aromatic heterocycles. The molecule has 1 saturated carbocycles. The van der Waals surface area contributed by atoms with E-state index in [4.69, 9.17) is 21.1 Å². The average Bonchev–Trinajstić information content (AvgIpc) is 3.17. The fraction of sp³-hybridized carbons (Fsp3) is 0.650. The highest BCUT2D eigenvalue weighted by Crippen LogP contribution is 2.44. The Bertz CT molecular complexity index is 617. The minimum absolute atomic E-state index is 0.0968. The van der Waals surface area contributed by atoms with Crippen LogP contribution in [-0.2, 0) is 9.47 Å². The lowest BCUT2D eigenvalue weighted by Crippen LogP contribution is -2.39. The van der Waals surface area contributed by atoms with Crippen molar-refractivity contribution < 1.29 is 13.9 Å². The second-order valence-corrected chi connectivity index (χ2v) is 7.55. The van der Waals surface area contributed by atoms with Crippen LogP contribution in [0.2, 0.25) is 5.02 Å². The summed E-state index contributed by atoms with van der Waals surface area (Å²) in [5, 5.41) is 7.13. The standard InChI is InChI=1S/C20H29ClFN3O2/c1-2-23-20(24-8-4-9-26-12-14-7-10-27-13-14)25-18-11-15(18)19-16(21)5-3-6-17(19)22/h3,5-6,14-15,18H,2,4,7-13H2,1H3,(H2,23,24,25). The molecule has 3 unspecified atom stereocenters. The summed E-state index contributed by atoms with van der Waals surface area (Å²) in [5.74, 6) is 1.18. The van der Waals surface area contributed by atoms with Crippen molar-refractivity contribution in [1.82, 2.24) is 10.6 Å². The van der Waals surface area contributed by atoms with Gasteiger partial charge in [0.15, 0.2) is 5.96 Å². The zero-order valence-corrected chi connectivity index (χ0v) is 16.6. The van der Waals surface area contributed by atoms with Crippen LogP contribution < -0.4 is 10.6 Å². The second kappa shape index (κ2) is 10.2. The lowest BCUT2D eigenvalue weighted by atomic mass is 10.1. The summed E-state index contributed by atoms with van der Waals surface area (Å²) in [6.07, 6.45) is 2.83. The number of hydrogen-bond acceptors (Lipinski definition) is 3. The predicted molar refractivity (Wildman–Crippen MR) is 106 cm³/mol. The smallest absolute Gasteiger partial charge is 0.191 e. The number of rotatable bonds is 9. The van der Waals surface area contributed by atoms with Gasteiger partial charge in [-0.05, 0) is 38.3 Å². The van der Waals surface area contributed by atoms with Crippen LogP contribution >= 0.6 is 11.6 Å². The van der Waals surface area contributed by atoms with E-state index in [1.165, 1.54) is 6.07 Å². The van der Waals surface area contributed by atoms with Gasteiger partial charge in [0.05, 0.1) is 13.2 Å². The van der Waals surface area contributed by atoms with Gasteiger partial charge in [-0.1, -0.05) is 17.7 Å². The Hall–Kier alpha value is -1.37. The van der Waals surface area contributed by atoms with Gasteiger partial charge >= 0.3 is 0 Å². The minimum atomic E-state index is -0.233. The maximum atomic E-state index is 14.1. The molecule has 5 nitrogen and oxygen atoms in total. The van der Waals surface area contributed by atoms with E-state index in [9.17, 15) is 4.39 Å². The molecule has 2 N–H and O–H groups in total. The summed E-state index contributed by atoms with van der Waals surface area (Å²) in [7, 11) is 0. The Morgan fingerprint density at radius 2 is 2.33 bits per heavy atom. The zero-order valence-electron chi connectivity index (χ0n) is 15.8. The summed E-state index contributed by atoms with van der Waals surface area (Å²) in [4.78, 5) is 4.60. The zero-order chi connectivity index (χ0) is 19.1. The molecule has 1 aliphatic carbocycles. The van der Waals surface area contributed by atoms with E-state index >= 15 is 0 Å².